The first-order valence-corrected chi connectivity index (χ1v) is 6.41. The van der Waals surface area contributed by atoms with Crippen LogP contribution in [0.4, 0.5) is 0 Å². The van der Waals surface area contributed by atoms with Crippen molar-refractivity contribution in [1.82, 2.24) is 0 Å². The second kappa shape index (κ2) is 3.67. The van der Waals surface area contributed by atoms with Crippen LogP contribution in [0.25, 0.3) is 5.57 Å². The Hall–Kier alpha value is -1.21. The van der Waals surface area contributed by atoms with Crippen molar-refractivity contribution in [2.24, 2.45) is 5.92 Å². The fourth-order valence-electron chi connectivity index (χ4n) is 2.43. The molecular weight excluding hydrogens is 212 g/mol. The van der Waals surface area contributed by atoms with Crippen LogP contribution < -0.4 is 0 Å². The molecule has 1 aromatic carbocycles. The molecule has 80 valence electrons. The molecule has 1 aliphatic heterocycles. The zero-order valence-corrected chi connectivity index (χ0v) is 10.3. The fraction of sp³-hybridized carbons (Fsp3) is 0.200. The van der Waals surface area contributed by atoms with Crippen LogP contribution in [-0.4, -0.2) is 0 Å². The maximum atomic E-state index is 2.38. The van der Waals surface area contributed by atoms with E-state index < -0.39 is 0 Å². The first-order chi connectivity index (χ1) is 7.75. The van der Waals surface area contributed by atoms with Crippen LogP contribution >= 0.6 is 11.8 Å². The number of thioether (sulfide) groups is 1. The summed E-state index contributed by atoms with van der Waals surface area (Å²) >= 11 is 1.93. The van der Waals surface area contributed by atoms with Crippen LogP contribution in [0.5, 0.6) is 0 Å². The van der Waals surface area contributed by atoms with Crippen LogP contribution in [0.3, 0.4) is 0 Å². The van der Waals surface area contributed by atoms with Gasteiger partial charge in [0.05, 0.1) is 0 Å². The number of rotatable bonds is 1. The predicted molar refractivity (Wildman–Crippen MR) is 72.0 cm³/mol. The van der Waals surface area contributed by atoms with E-state index in [4.69, 9.17) is 0 Å². The molecule has 0 saturated heterocycles. The second-order valence-electron chi connectivity index (χ2n) is 4.37. The van der Waals surface area contributed by atoms with Gasteiger partial charge in [-0.1, -0.05) is 54.2 Å². The van der Waals surface area contributed by atoms with Crippen molar-refractivity contribution in [2.75, 3.05) is 0 Å². The Morgan fingerprint density at radius 3 is 2.56 bits per heavy atom. The van der Waals surface area contributed by atoms with Gasteiger partial charge in [0, 0.05) is 10.8 Å². The van der Waals surface area contributed by atoms with Crippen molar-refractivity contribution in [2.45, 2.75) is 13.8 Å². The van der Waals surface area contributed by atoms with Gasteiger partial charge in [-0.2, -0.15) is 0 Å². The van der Waals surface area contributed by atoms with Gasteiger partial charge in [-0.15, -0.1) is 0 Å². The summed E-state index contributed by atoms with van der Waals surface area (Å²) in [5.41, 5.74) is 4.24. The zero-order valence-electron chi connectivity index (χ0n) is 9.53. The normalized spacial score (nSPS) is 23.2. The molecule has 1 atom stereocenters. The highest BCUT2D eigenvalue weighted by Crippen LogP contribution is 2.51. The average molecular weight is 226 g/mol. The van der Waals surface area contributed by atoms with Crippen molar-refractivity contribution < 1.29 is 0 Å². The van der Waals surface area contributed by atoms with Gasteiger partial charge in [0.15, 0.2) is 0 Å². The standard InChI is InChI=1S/C15H14S/c1-10-8-13(12-6-4-3-5-7-12)14-9-11(2)16-15(10)14/h3-9,14H,1-2H3. The van der Waals surface area contributed by atoms with Gasteiger partial charge in [0.1, 0.15) is 0 Å². The molecule has 3 rings (SSSR count). The molecule has 0 amide bonds. The molecule has 0 radical (unpaired) electrons. The lowest BCUT2D eigenvalue weighted by atomic mass is 9.95. The lowest BCUT2D eigenvalue weighted by Gasteiger charge is -2.09. The molecule has 1 aliphatic carbocycles. The van der Waals surface area contributed by atoms with E-state index >= 15 is 0 Å². The average Bonchev–Trinajstić information content (AvgIpc) is 2.80. The van der Waals surface area contributed by atoms with E-state index in [-0.39, 0.29) is 0 Å². The van der Waals surface area contributed by atoms with E-state index in [0.29, 0.717) is 5.92 Å². The van der Waals surface area contributed by atoms with Crippen LogP contribution in [0.1, 0.15) is 19.4 Å². The minimum atomic E-state index is 0.521. The molecule has 0 N–H and O–H groups in total. The molecule has 1 unspecified atom stereocenters. The SMILES string of the molecule is CC1=CC2C(c3ccccc3)=CC(C)=C2S1. The zero-order chi connectivity index (χ0) is 11.1. The largest absolute Gasteiger partial charge is 0.0983 e. The third-order valence-corrected chi connectivity index (χ3v) is 4.41. The molecule has 0 nitrogen and oxygen atoms in total. The second-order valence-corrected chi connectivity index (χ2v) is 5.66. The van der Waals surface area contributed by atoms with E-state index in [1.165, 1.54) is 26.5 Å². The maximum absolute atomic E-state index is 2.38. The number of allylic oxidation sites excluding steroid dienone is 6. The highest BCUT2D eigenvalue weighted by Gasteiger charge is 2.30. The van der Waals surface area contributed by atoms with Crippen LogP contribution in [0.15, 0.2) is 57.9 Å². The fourth-order valence-corrected chi connectivity index (χ4v) is 3.52. The number of hydrogen-bond donors (Lipinski definition) is 0. The predicted octanol–water partition coefficient (Wildman–Crippen LogP) is 4.62. The van der Waals surface area contributed by atoms with Gasteiger partial charge in [0.2, 0.25) is 0 Å². The Balaban J connectivity index is 2.04. The van der Waals surface area contributed by atoms with E-state index in [9.17, 15) is 0 Å². The minimum Gasteiger partial charge on any atom is -0.0983 e. The van der Waals surface area contributed by atoms with Crippen molar-refractivity contribution in [3.05, 3.63) is 63.4 Å². The molecule has 0 bridgehead atoms. The summed E-state index contributed by atoms with van der Waals surface area (Å²) in [5.74, 6) is 0.521. The molecule has 0 spiro atoms. The smallest absolute Gasteiger partial charge is 0.0352 e. The maximum Gasteiger partial charge on any atom is 0.0352 e. The number of fused-ring (bicyclic) bond motifs is 1. The summed E-state index contributed by atoms with van der Waals surface area (Å²) in [7, 11) is 0. The van der Waals surface area contributed by atoms with Crippen LogP contribution in [0, 0.1) is 5.92 Å². The highest BCUT2D eigenvalue weighted by atomic mass is 32.2. The van der Waals surface area contributed by atoms with Crippen LogP contribution in [-0.2, 0) is 0 Å². The summed E-state index contributed by atoms with van der Waals surface area (Å²) in [4.78, 5) is 2.96. The minimum absolute atomic E-state index is 0.521. The third kappa shape index (κ3) is 1.47. The summed E-state index contributed by atoms with van der Waals surface area (Å²) in [6, 6.07) is 10.7. The molecule has 1 heteroatoms. The lowest BCUT2D eigenvalue weighted by Crippen LogP contribution is -1.94. The van der Waals surface area contributed by atoms with E-state index in [1.54, 1.807) is 0 Å². The van der Waals surface area contributed by atoms with E-state index in [0.717, 1.165) is 0 Å². The lowest BCUT2D eigenvalue weighted by molar-refractivity contribution is 1.10. The molecule has 0 fully saturated rings. The quantitative estimate of drug-likeness (QED) is 0.673. The number of benzene rings is 1. The summed E-state index contributed by atoms with van der Waals surface area (Å²) in [5, 5.41) is 0. The molecule has 1 aromatic rings. The van der Waals surface area contributed by atoms with Gasteiger partial charge >= 0.3 is 0 Å². The van der Waals surface area contributed by atoms with Gasteiger partial charge < -0.3 is 0 Å². The van der Waals surface area contributed by atoms with Crippen LogP contribution in [0.2, 0.25) is 0 Å². The topological polar surface area (TPSA) is 0 Å². The Morgan fingerprint density at radius 1 is 1.06 bits per heavy atom. The monoisotopic (exact) mass is 226 g/mol. The Morgan fingerprint density at radius 2 is 1.81 bits per heavy atom. The summed E-state index contributed by atoms with van der Waals surface area (Å²) in [6.07, 6.45) is 4.72. The Labute approximate surface area is 101 Å². The van der Waals surface area contributed by atoms with Crippen molar-refractivity contribution >= 4 is 17.3 Å². The highest BCUT2D eigenvalue weighted by molar-refractivity contribution is 8.07. The first-order valence-electron chi connectivity index (χ1n) is 5.60. The molecule has 1 heterocycles. The molecule has 16 heavy (non-hydrogen) atoms. The molecule has 2 aliphatic rings. The van der Waals surface area contributed by atoms with Crippen molar-refractivity contribution in [1.29, 1.82) is 0 Å². The van der Waals surface area contributed by atoms with E-state index in [2.05, 4.69) is 56.3 Å². The molecule has 0 aromatic heterocycles. The van der Waals surface area contributed by atoms with Gasteiger partial charge in [-0.3, -0.25) is 0 Å². The van der Waals surface area contributed by atoms with Gasteiger partial charge in [-0.05, 0) is 35.5 Å². The Kier molecular flexibility index (Phi) is 2.29. The molecular formula is C15H14S. The first kappa shape index (κ1) is 9.98. The third-order valence-electron chi connectivity index (χ3n) is 3.16. The number of hydrogen-bond acceptors (Lipinski definition) is 1. The summed E-state index contributed by atoms with van der Waals surface area (Å²) in [6.45, 7) is 4.42. The van der Waals surface area contributed by atoms with E-state index in [1.807, 2.05) is 11.8 Å². The summed E-state index contributed by atoms with van der Waals surface area (Å²) < 4.78 is 0. The van der Waals surface area contributed by atoms with Crippen molar-refractivity contribution in [3.8, 4) is 0 Å². The van der Waals surface area contributed by atoms with Crippen molar-refractivity contribution in [3.63, 3.8) is 0 Å². The van der Waals surface area contributed by atoms with Gasteiger partial charge in [0.25, 0.3) is 0 Å². The van der Waals surface area contributed by atoms with Gasteiger partial charge in [-0.25, -0.2) is 0 Å². The molecule has 0 saturated carbocycles. The Bertz CT molecular complexity index is 518.